The highest BCUT2D eigenvalue weighted by atomic mass is 79.9. The number of carbonyl (C=O) groups excluding carboxylic acids is 1. The summed E-state index contributed by atoms with van der Waals surface area (Å²) in [5.74, 6) is -0.788. The van der Waals surface area contributed by atoms with Gasteiger partial charge in [-0.05, 0) is 36.5 Å². The van der Waals surface area contributed by atoms with Gasteiger partial charge in [0.25, 0.3) is 0 Å². The van der Waals surface area contributed by atoms with Gasteiger partial charge in [-0.15, -0.1) is 0 Å². The number of carbonyl (C=O) groups is 2. The normalized spacial score (nSPS) is 17.4. The predicted octanol–water partition coefficient (Wildman–Crippen LogP) is 5.21. The van der Waals surface area contributed by atoms with E-state index in [0.29, 0.717) is 12.0 Å². The van der Waals surface area contributed by atoms with E-state index in [1.807, 2.05) is 12.1 Å². The van der Waals surface area contributed by atoms with Crippen LogP contribution < -0.4 is 0 Å². The van der Waals surface area contributed by atoms with Gasteiger partial charge in [0.15, 0.2) is 5.78 Å². The summed E-state index contributed by atoms with van der Waals surface area (Å²) in [4.78, 5) is 23.8. The molecule has 1 N–H and O–H groups in total. The Morgan fingerprint density at radius 1 is 1.10 bits per heavy atom. The van der Waals surface area contributed by atoms with Crippen LogP contribution in [0.25, 0.3) is 0 Å². The number of hydrogen-bond donors (Lipinski definition) is 1. The van der Waals surface area contributed by atoms with E-state index in [4.69, 9.17) is 0 Å². The summed E-state index contributed by atoms with van der Waals surface area (Å²) in [6.07, 6.45) is 5.22. The molecular formula is C16H18Br2O3. The molecule has 1 saturated carbocycles. The number of hydrogen-bond acceptors (Lipinski definition) is 2. The topological polar surface area (TPSA) is 54.4 Å². The number of rotatable bonds is 5. The molecule has 1 aromatic rings. The summed E-state index contributed by atoms with van der Waals surface area (Å²) < 4.78 is 1.61. The van der Waals surface area contributed by atoms with Gasteiger partial charge in [0.2, 0.25) is 0 Å². The second kappa shape index (κ2) is 7.05. The van der Waals surface area contributed by atoms with Crippen LogP contribution in [0, 0.1) is 5.41 Å². The molecule has 3 nitrogen and oxygen atoms in total. The Morgan fingerprint density at radius 2 is 1.76 bits per heavy atom. The quantitative estimate of drug-likeness (QED) is 0.669. The number of Topliss-reactive ketones (excluding diaryl/α,β-unsaturated/α-hetero) is 1. The molecule has 0 bridgehead atoms. The minimum absolute atomic E-state index is 0.0197. The number of ketones is 1. The lowest BCUT2D eigenvalue weighted by Gasteiger charge is -2.35. The fourth-order valence-corrected chi connectivity index (χ4v) is 4.01. The van der Waals surface area contributed by atoms with Crippen LogP contribution in [0.2, 0.25) is 0 Å². The molecule has 0 saturated heterocycles. The Balaban J connectivity index is 2.21. The Bertz CT molecular complexity index is 548. The maximum absolute atomic E-state index is 12.6. The molecule has 21 heavy (non-hydrogen) atoms. The average molecular weight is 418 g/mol. The second-order valence-electron chi connectivity index (χ2n) is 5.86. The molecule has 0 amide bonds. The van der Waals surface area contributed by atoms with Crippen molar-refractivity contribution in [3.8, 4) is 0 Å². The highest BCUT2D eigenvalue weighted by Crippen LogP contribution is 2.43. The first-order valence-electron chi connectivity index (χ1n) is 7.12. The third-order valence-corrected chi connectivity index (χ3v) is 5.39. The maximum Gasteiger partial charge on any atom is 0.303 e. The smallest absolute Gasteiger partial charge is 0.303 e. The molecule has 1 aromatic carbocycles. The zero-order valence-corrected chi connectivity index (χ0v) is 14.9. The largest absolute Gasteiger partial charge is 0.481 e. The van der Waals surface area contributed by atoms with Crippen LogP contribution in [-0.2, 0) is 4.79 Å². The molecule has 0 radical (unpaired) electrons. The van der Waals surface area contributed by atoms with Gasteiger partial charge in [0.05, 0.1) is 6.42 Å². The van der Waals surface area contributed by atoms with E-state index >= 15 is 0 Å². The number of halogens is 2. The predicted molar refractivity (Wildman–Crippen MR) is 88.6 cm³/mol. The van der Waals surface area contributed by atoms with E-state index in [1.54, 1.807) is 6.07 Å². The lowest BCUT2D eigenvalue weighted by molar-refractivity contribution is -0.140. The molecule has 1 aliphatic carbocycles. The molecule has 1 aliphatic rings. The van der Waals surface area contributed by atoms with Gasteiger partial charge in [0, 0.05) is 20.9 Å². The van der Waals surface area contributed by atoms with Gasteiger partial charge in [0.1, 0.15) is 0 Å². The first-order chi connectivity index (χ1) is 9.92. The van der Waals surface area contributed by atoms with Gasteiger partial charge in [-0.25, -0.2) is 0 Å². The summed E-state index contributed by atoms with van der Waals surface area (Å²) in [5, 5.41) is 9.19. The van der Waals surface area contributed by atoms with Crippen LogP contribution in [-0.4, -0.2) is 16.9 Å². The minimum Gasteiger partial charge on any atom is -0.481 e. The van der Waals surface area contributed by atoms with Crippen LogP contribution in [0.15, 0.2) is 27.1 Å². The monoisotopic (exact) mass is 416 g/mol. The van der Waals surface area contributed by atoms with Crippen molar-refractivity contribution >= 4 is 43.6 Å². The van der Waals surface area contributed by atoms with Crippen molar-refractivity contribution in [3.05, 3.63) is 32.7 Å². The summed E-state index contributed by atoms with van der Waals surface area (Å²) in [7, 11) is 0. The van der Waals surface area contributed by atoms with Crippen LogP contribution in [0.5, 0.6) is 0 Å². The summed E-state index contributed by atoms with van der Waals surface area (Å²) in [6.45, 7) is 0. The first-order valence-corrected chi connectivity index (χ1v) is 8.71. The third kappa shape index (κ3) is 4.39. The van der Waals surface area contributed by atoms with E-state index in [-0.39, 0.29) is 17.6 Å². The third-order valence-electron chi connectivity index (χ3n) is 4.20. The van der Waals surface area contributed by atoms with E-state index in [9.17, 15) is 14.7 Å². The van der Waals surface area contributed by atoms with Gasteiger partial charge in [-0.2, -0.15) is 0 Å². The Labute approximate surface area is 141 Å². The van der Waals surface area contributed by atoms with Crippen molar-refractivity contribution < 1.29 is 14.7 Å². The lowest BCUT2D eigenvalue weighted by atomic mass is 9.68. The van der Waals surface area contributed by atoms with Gasteiger partial charge in [-0.3, -0.25) is 9.59 Å². The maximum atomic E-state index is 12.6. The molecule has 0 unspecified atom stereocenters. The number of aliphatic carboxylic acids is 1. The highest BCUT2D eigenvalue weighted by molar-refractivity contribution is 9.11. The molecular weight excluding hydrogens is 400 g/mol. The van der Waals surface area contributed by atoms with Crippen molar-refractivity contribution in [1.29, 1.82) is 0 Å². The van der Waals surface area contributed by atoms with E-state index in [2.05, 4.69) is 31.9 Å². The van der Waals surface area contributed by atoms with E-state index in [1.165, 1.54) is 0 Å². The highest BCUT2D eigenvalue weighted by Gasteiger charge is 2.36. The van der Waals surface area contributed by atoms with Crippen molar-refractivity contribution in [2.75, 3.05) is 0 Å². The second-order valence-corrected chi connectivity index (χ2v) is 7.63. The van der Waals surface area contributed by atoms with Crippen LogP contribution in [0.1, 0.15) is 55.3 Å². The number of carboxylic acids is 1. The molecule has 0 aliphatic heterocycles. The van der Waals surface area contributed by atoms with Gasteiger partial charge < -0.3 is 5.11 Å². The molecule has 0 spiro atoms. The Kier molecular flexibility index (Phi) is 5.60. The molecule has 114 valence electrons. The summed E-state index contributed by atoms with van der Waals surface area (Å²) in [6, 6.07) is 5.50. The van der Waals surface area contributed by atoms with Crippen molar-refractivity contribution in [3.63, 3.8) is 0 Å². The summed E-state index contributed by atoms with van der Waals surface area (Å²) >= 11 is 6.78. The number of carboxylic acid groups (broad SMARTS) is 1. The van der Waals surface area contributed by atoms with Crippen molar-refractivity contribution in [2.45, 2.75) is 44.9 Å². The van der Waals surface area contributed by atoms with Gasteiger partial charge >= 0.3 is 5.97 Å². The lowest BCUT2D eigenvalue weighted by Crippen LogP contribution is -2.30. The molecule has 0 atom stereocenters. The van der Waals surface area contributed by atoms with Crippen LogP contribution in [0.3, 0.4) is 0 Å². The first kappa shape index (κ1) is 16.7. The standard InChI is InChI=1S/C16H18Br2O3/c17-11-4-5-13(18)12(8-11)14(19)9-16(10-15(20)21)6-2-1-3-7-16/h4-5,8H,1-3,6-7,9-10H2,(H,20,21). The molecule has 1 fully saturated rings. The molecule has 0 heterocycles. The van der Waals surface area contributed by atoms with Crippen molar-refractivity contribution in [1.82, 2.24) is 0 Å². The zero-order valence-electron chi connectivity index (χ0n) is 11.7. The molecule has 2 rings (SSSR count). The van der Waals surface area contributed by atoms with E-state index in [0.717, 1.165) is 41.0 Å². The Hall–Kier alpha value is -0.680. The van der Waals surface area contributed by atoms with E-state index < -0.39 is 5.97 Å². The van der Waals surface area contributed by atoms with Crippen LogP contribution in [0.4, 0.5) is 0 Å². The van der Waals surface area contributed by atoms with Gasteiger partial charge in [-0.1, -0.05) is 51.1 Å². The zero-order chi connectivity index (χ0) is 15.5. The fraction of sp³-hybridized carbons (Fsp3) is 0.500. The summed E-state index contributed by atoms with van der Waals surface area (Å²) in [5.41, 5.74) is 0.253. The SMILES string of the molecule is O=C(O)CC1(CC(=O)c2cc(Br)ccc2Br)CCCCC1. The molecule has 5 heteroatoms. The average Bonchev–Trinajstić information content (AvgIpc) is 2.41. The van der Waals surface area contributed by atoms with Crippen LogP contribution >= 0.6 is 31.9 Å². The number of benzene rings is 1. The Morgan fingerprint density at radius 3 is 2.38 bits per heavy atom. The van der Waals surface area contributed by atoms with Crippen molar-refractivity contribution in [2.24, 2.45) is 5.41 Å². The molecule has 0 aromatic heterocycles. The fourth-order valence-electron chi connectivity index (χ4n) is 3.19. The minimum atomic E-state index is -0.807.